The van der Waals surface area contributed by atoms with Crippen molar-refractivity contribution < 1.29 is 33.9 Å². The fourth-order valence-corrected chi connectivity index (χ4v) is 8.09. The zero-order valence-electron chi connectivity index (χ0n) is 28.2. The van der Waals surface area contributed by atoms with Gasteiger partial charge in [0.1, 0.15) is 53.6 Å². The highest BCUT2D eigenvalue weighted by Crippen LogP contribution is 2.38. The lowest BCUT2D eigenvalue weighted by Crippen LogP contribution is -2.52. The van der Waals surface area contributed by atoms with Crippen molar-refractivity contribution in [1.29, 1.82) is 0 Å². The Hall–Kier alpha value is -2.54. The SMILES string of the molecule is CS[C@H]1O[C@@H](c2ccc(C(C)C)c(Cc3ccc(O[C@@H]4CCN(C5CO[C@H](c6cc(C)ccc6F)[C@@H](N)C5)C4)cc3)c2)[C@H](O)[C@@H](O)[C@@H]1O. The predicted octanol–water partition coefficient (Wildman–Crippen LogP) is 5.00. The number of ether oxygens (including phenoxy) is 3. The number of thioether (sulfide) groups is 1. The van der Waals surface area contributed by atoms with E-state index in [4.69, 9.17) is 19.9 Å². The Balaban J connectivity index is 1.06. The van der Waals surface area contributed by atoms with Crippen molar-refractivity contribution in [2.75, 3.05) is 26.0 Å². The minimum atomic E-state index is -1.29. The van der Waals surface area contributed by atoms with Crippen LogP contribution in [-0.4, -0.2) is 88.1 Å². The first kappa shape index (κ1) is 35.3. The average molecular weight is 681 g/mol. The lowest BCUT2D eigenvalue weighted by Gasteiger charge is -2.40. The molecule has 0 bridgehead atoms. The molecule has 3 aliphatic rings. The van der Waals surface area contributed by atoms with Gasteiger partial charge in [-0.1, -0.05) is 61.9 Å². The summed E-state index contributed by atoms with van der Waals surface area (Å²) in [7, 11) is 0. The fourth-order valence-electron chi connectivity index (χ4n) is 7.42. The molecule has 9 atom stereocenters. The zero-order valence-corrected chi connectivity index (χ0v) is 29.0. The van der Waals surface area contributed by atoms with Crippen LogP contribution in [0.15, 0.2) is 60.7 Å². The minimum Gasteiger partial charge on any atom is -0.489 e. The molecule has 3 saturated heterocycles. The molecule has 3 fully saturated rings. The van der Waals surface area contributed by atoms with Gasteiger partial charge in [0.25, 0.3) is 0 Å². The van der Waals surface area contributed by atoms with Crippen LogP contribution in [0.3, 0.4) is 0 Å². The van der Waals surface area contributed by atoms with Gasteiger partial charge >= 0.3 is 0 Å². The maximum atomic E-state index is 14.5. The molecule has 0 saturated carbocycles. The lowest BCUT2D eigenvalue weighted by atomic mass is 9.88. The fraction of sp³-hybridized carbons (Fsp3) is 0.526. The van der Waals surface area contributed by atoms with Gasteiger partial charge in [-0.15, -0.1) is 11.8 Å². The number of likely N-dealkylation sites (tertiary alicyclic amines) is 1. The summed E-state index contributed by atoms with van der Waals surface area (Å²) in [4.78, 5) is 2.39. The predicted molar refractivity (Wildman–Crippen MR) is 186 cm³/mol. The van der Waals surface area contributed by atoms with Crippen LogP contribution in [0.25, 0.3) is 0 Å². The van der Waals surface area contributed by atoms with Crippen LogP contribution in [0.2, 0.25) is 0 Å². The van der Waals surface area contributed by atoms with Crippen LogP contribution in [0.1, 0.15) is 78.2 Å². The quantitative estimate of drug-likeness (QED) is 0.248. The van der Waals surface area contributed by atoms with Gasteiger partial charge in [-0.05, 0) is 78.8 Å². The van der Waals surface area contributed by atoms with Crippen molar-refractivity contribution in [1.82, 2.24) is 4.90 Å². The monoisotopic (exact) mass is 680 g/mol. The Kier molecular flexibility index (Phi) is 11.1. The van der Waals surface area contributed by atoms with E-state index in [0.717, 1.165) is 53.9 Å². The molecule has 10 heteroatoms. The van der Waals surface area contributed by atoms with E-state index in [0.29, 0.717) is 24.5 Å². The molecule has 3 aromatic carbocycles. The highest BCUT2D eigenvalue weighted by atomic mass is 32.2. The zero-order chi connectivity index (χ0) is 34.1. The second kappa shape index (κ2) is 15.1. The van der Waals surface area contributed by atoms with Crippen molar-refractivity contribution in [2.45, 2.75) is 100 Å². The molecular weight excluding hydrogens is 631 g/mol. The van der Waals surface area contributed by atoms with E-state index < -0.39 is 36.0 Å². The van der Waals surface area contributed by atoms with E-state index in [9.17, 15) is 19.7 Å². The standard InChI is InChI=1S/C38H49FN2O6S/c1-21(2)29-11-8-24(36-34(43)33(42)35(44)38(47-36)48-4)17-25(29)16-23-6-9-27(10-7-23)46-28-13-14-41(19-28)26-18-32(40)37(45-20-26)30-15-22(3)5-12-31(30)39/h5-12,15,17,21,26,28,32-38,42-44H,13-14,16,18-20,40H2,1-4H3/t26?,28-,32+,33-,34-,35+,36+,37-,38-/m1/s1. The van der Waals surface area contributed by atoms with Gasteiger partial charge in [-0.25, -0.2) is 4.39 Å². The second-order valence-electron chi connectivity index (χ2n) is 13.9. The Morgan fingerprint density at radius 2 is 1.77 bits per heavy atom. The number of aryl methyl sites for hydroxylation is 1. The first-order chi connectivity index (χ1) is 23.0. The summed E-state index contributed by atoms with van der Waals surface area (Å²) < 4.78 is 33.1. The third kappa shape index (κ3) is 7.61. The highest BCUT2D eigenvalue weighted by Gasteiger charge is 2.44. The summed E-state index contributed by atoms with van der Waals surface area (Å²) >= 11 is 1.31. The van der Waals surface area contributed by atoms with Gasteiger partial charge in [0, 0.05) is 30.7 Å². The molecular formula is C38H49FN2O6S. The molecule has 48 heavy (non-hydrogen) atoms. The summed E-state index contributed by atoms with van der Waals surface area (Å²) in [5, 5.41) is 31.6. The second-order valence-corrected chi connectivity index (χ2v) is 14.9. The number of benzene rings is 3. The van der Waals surface area contributed by atoms with Gasteiger partial charge in [0.15, 0.2) is 0 Å². The van der Waals surface area contributed by atoms with Crippen LogP contribution in [0.4, 0.5) is 4.39 Å². The number of aliphatic hydroxyl groups is 3. The molecule has 0 amide bonds. The molecule has 5 N–H and O–H groups in total. The minimum absolute atomic E-state index is 0.0594. The first-order valence-electron chi connectivity index (χ1n) is 17.0. The summed E-state index contributed by atoms with van der Waals surface area (Å²) in [5.41, 5.74) is 11.7. The van der Waals surface area contributed by atoms with E-state index in [2.05, 4.69) is 43.0 Å². The number of nitrogens with two attached hydrogens (primary N) is 1. The summed E-state index contributed by atoms with van der Waals surface area (Å²) in [6, 6.07) is 19.3. The van der Waals surface area contributed by atoms with E-state index in [1.807, 2.05) is 37.4 Å². The summed E-state index contributed by atoms with van der Waals surface area (Å²) in [6.07, 6.45) is -0.637. The Labute approximate surface area is 287 Å². The smallest absolute Gasteiger partial charge is 0.132 e. The van der Waals surface area contributed by atoms with E-state index in [1.54, 1.807) is 6.07 Å². The van der Waals surface area contributed by atoms with Gasteiger partial charge in [0.05, 0.1) is 6.61 Å². The number of hydrogen-bond acceptors (Lipinski definition) is 9. The van der Waals surface area contributed by atoms with Crippen LogP contribution >= 0.6 is 11.8 Å². The maximum absolute atomic E-state index is 14.5. The number of nitrogens with zero attached hydrogens (tertiary/aromatic N) is 1. The molecule has 260 valence electrons. The van der Waals surface area contributed by atoms with E-state index in [1.165, 1.54) is 23.4 Å². The number of halogens is 1. The molecule has 3 aliphatic heterocycles. The lowest BCUT2D eigenvalue weighted by molar-refractivity contribution is -0.200. The molecule has 3 aromatic rings. The molecule has 0 radical (unpaired) electrons. The third-order valence-corrected chi connectivity index (χ3v) is 10.9. The number of aliphatic hydroxyl groups excluding tert-OH is 3. The topological polar surface area (TPSA) is 118 Å². The highest BCUT2D eigenvalue weighted by molar-refractivity contribution is 7.99. The molecule has 6 rings (SSSR count). The molecule has 0 aromatic heterocycles. The van der Waals surface area contributed by atoms with Crippen molar-refractivity contribution in [3.05, 3.63) is 99.9 Å². The van der Waals surface area contributed by atoms with Crippen LogP contribution in [0, 0.1) is 12.7 Å². The molecule has 0 spiro atoms. The van der Waals surface area contributed by atoms with Crippen LogP contribution < -0.4 is 10.5 Å². The van der Waals surface area contributed by atoms with Gasteiger partial charge in [0.2, 0.25) is 0 Å². The summed E-state index contributed by atoms with van der Waals surface area (Å²) in [6.45, 7) is 8.46. The molecule has 3 heterocycles. The van der Waals surface area contributed by atoms with Crippen molar-refractivity contribution in [3.8, 4) is 5.75 Å². The average Bonchev–Trinajstić information content (AvgIpc) is 3.54. The molecule has 0 aliphatic carbocycles. The maximum Gasteiger partial charge on any atom is 0.132 e. The Morgan fingerprint density at radius 1 is 1.00 bits per heavy atom. The number of rotatable bonds is 9. The van der Waals surface area contributed by atoms with E-state index >= 15 is 0 Å². The van der Waals surface area contributed by atoms with Crippen molar-refractivity contribution in [2.24, 2.45) is 5.73 Å². The van der Waals surface area contributed by atoms with Crippen molar-refractivity contribution in [3.63, 3.8) is 0 Å². The van der Waals surface area contributed by atoms with Gasteiger partial charge in [-0.3, -0.25) is 4.90 Å². The van der Waals surface area contributed by atoms with Gasteiger partial charge < -0.3 is 35.3 Å². The summed E-state index contributed by atoms with van der Waals surface area (Å²) in [5.74, 6) is 0.850. The number of hydrogen-bond donors (Lipinski definition) is 4. The Morgan fingerprint density at radius 3 is 2.48 bits per heavy atom. The largest absolute Gasteiger partial charge is 0.489 e. The molecule has 8 nitrogen and oxygen atoms in total. The first-order valence-corrected chi connectivity index (χ1v) is 18.3. The van der Waals surface area contributed by atoms with Crippen molar-refractivity contribution >= 4 is 11.8 Å². The third-order valence-electron chi connectivity index (χ3n) is 10.1. The van der Waals surface area contributed by atoms with Crippen LogP contribution in [0.5, 0.6) is 5.75 Å². The molecule has 1 unspecified atom stereocenters. The Bertz CT molecular complexity index is 1540. The van der Waals surface area contributed by atoms with Crippen LogP contribution in [-0.2, 0) is 15.9 Å². The normalized spacial score (nSPS) is 31.3. The van der Waals surface area contributed by atoms with Gasteiger partial charge in [-0.2, -0.15) is 0 Å². The van der Waals surface area contributed by atoms with E-state index in [-0.39, 0.29) is 24.0 Å².